The van der Waals surface area contributed by atoms with E-state index in [1.807, 2.05) is 0 Å². The summed E-state index contributed by atoms with van der Waals surface area (Å²) in [6.45, 7) is 0.192. The molecule has 0 unspecified atom stereocenters. The molecule has 0 bridgehead atoms. The van der Waals surface area contributed by atoms with Crippen LogP contribution in [0.3, 0.4) is 0 Å². The maximum absolute atomic E-state index is 14.8. The number of ether oxygens (including phenoxy) is 3. The fourth-order valence-corrected chi connectivity index (χ4v) is 3.63. The zero-order valence-electron chi connectivity index (χ0n) is 17.4. The third-order valence-electron chi connectivity index (χ3n) is 5.26. The van der Waals surface area contributed by atoms with Crippen LogP contribution in [0.5, 0.6) is 11.9 Å². The van der Waals surface area contributed by atoms with Crippen LogP contribution in [-0.4, -0.2) is 67.8 Å². The van der Waals surface area contributed by atoms with Crippen LogP contribution in [-0.2, 0) is 11.3 Å². The Morgan fingerprint density at radius 1 is 1.26 bits per heavy atom. The highest BCUT2D eigenvalue weighted by Crippen LogP contribution is 2.29. The van der Waals surface area contributed by atoms with Crippen molar-refractivity contribution >= 4 is 17.6 Å². The van der Waals surface area contributed by atoms with E-state index in [1.54, 1.807) is 6.07 Å². The fraction of sp³-hybridized carbons (Fsp3) is 0.300. The summed E-state index contributed by atoms with van der Waals surface area (Å²) >= 11 is 0. The van der Waals surface area contributed by atoms with E-state index in [2.05, 4.69) is 15.2 Å². The zero-order chi connectivity index (χ0) is 23.8. The van der Waals surface area contributed by atoms with Crippen molar-refractivity contribution in [3.63, 3.8) is 0 Å². The fourth-order valence-electron chi connectivity index (χ4n) is 3.63. The summed E-state index contributed by atoms with van der Waals surface area (Å²) in [5, 5.41) is 28.0. The zero-order valence-corrected chi connectivity index (χ0v) is 17.4. The molecule has 0 aliphatic carbocycles. The monoisotopic (exact) mass is 472 g/mol. The number of aliphatic hydroxyl groups excluding tert-OH is 1. The van der Waals surface area contributed by atoms with Crippen LogP contribution >= 0.6 is 0 Å². The van der Waals surface area contributed by atoms with Gasteiger partial charge in [-0.25, -0.2) is 9.18 Å². The van der Waals surface area contributed by atoms with E-state index < -0.39 is 29.0 Å². The van der Waals surface area contributed by atoms with E-state index >= 15 is 0 Å². The summed E-state index contributed by atoms with van der Waals surface area (Å²) in [5.41, 5.74) is 0.720. The van der Waals surface area contributed by atoms with Crippen LogP contribution in [0.15, 0.2) is 36.5 Å². The van der Waals surface area contributed by atoms with Gasteiger partial charge < -0.3 is 29.4 Å². The summed E-state index contributed by atoms with van der Waals surface area (Å²) in [4.78, 5) is 27.2. The van der Waals surface area contributed by atoms with E-state index in [1.165, 1.54) is 39.9 Å². The average molecular weight is 472 g/mol. The lowest BCUT2D eigenvalue weighted by Crippen LogP contribution is -2.34. The second-order valence-electron chi connectivity index (χ2n) is 7.56. The minimum absolute atomic E-state index is 0.115. The maximum atomic E-state index is 14.8. The molecule has 1 aromatic carbocycles. The number of aromatic nitrogens is 4. The first kappa shape index (κ1) is 21.5. The molecule has 13 nitrogen and oxygen atoms in total. The van der Waals surface area contributed by atoms with Crippen LogP contribution in [0.1, 0.15) is 0 Å². The van der Waals surface area contributed by atoms with E-state index in [9.17, 15) is 19.3 Å². The molecule has 2 aromatic heterocycles. The molecule has 34 heavy (non-hydrogen) atoms. The summed E-state index contributed by atoms with van der Waals surface area (Å²) in [7, 11) is 0. The Morgan fingerprint density at radius 2 is 2.12 bits per heavy atom. The van der Waals surface area contributed by atoms with Crippen molar-refractivity contribution in [1.82, 2.24) is 19.7 Å². The highest BCUT2D eigenvalue weighted by Gasteiger charge is 2.32. The minimum atomic E-state index is -0.656. The first-order valence-electron chi connectivity index (χ1n) is 10.1. The van der Waals surface area contributed by atoms with Gasteiger partial charge in [0.05, 0.1) is 31.1 Å². The normalized spacial score (nSPS) is 19.4. The highest BCUT2D eigenvalue weighted by atomic mass is 19.1. The van der Waals surface area contributed by atoms with E-state index in [4.69, 9.17) is 19.3 Å². The number of aliphatic hydroxyl groups is 1. The van der Waals surface area contributed by atoms with Crippen LogP contribution < -0.4 is 14.4 Å². The number of halogens is 1. The summed E-state index contributed by atoms with van der Waals surface area (Å²) < 4.78 is 32.3. The van der Waals surface area contributed by atoms with Crippen LogP contribution in [0.2, 0.25) is 0 Å². The van der Waals surface area contributed by atoms with Crippen molar-refractivity contribution in [2.24, 2.45) is 0 Å². The molecule has 2 aliphatic rings. The third-order valence-corrected chi connectivity index (χ3v) is 5.26. The number of anilines is 1. The predicted octanol–water partition coefficient (Wildman–Crippen LogP) is 1.54. The lowest BCUT2D eigenvalue weighted by atomic mass is 10.1. The second-order valence-corrected chi connectivity index (χ2v) is 7.56. The molecule has 0 spiro atoms. The van der Waals surface area contributed by atoms with Gasteiger partial charge in [-0.1, -0.05) is 0 Å². The predicted molar refractivity (Wildman–Crippen MR) is 111 cm³/mol. The van der Waals surface area contributed by atoms with Crippen molar-refractivity contribution in [1.29, 1.82) is 0 Å². The molecule has 1 amide bonds. The third kappa shape index (κ3) is 4.05. The second kappa shape index (κ2) is 8.55. The Kier molecular flexibility index (Phi) is 5.41. The number of carbonyl (C=O) groups is 1. The molecule has 1 saturated heterocycles. The highest BCUT2D eigenvalue weighted by molar-refractivity contribution is 5.90. The number of nitrogens with zero attached hydrogens (tertiary/aromatic N) is 6. The molecular formula is C20H17FN6O7. The first-order valence-corrected chi connectivity index (χ1v) is 10.1. The molecular weight excluding hydrogens is 455 g/mol. The van der Waals surface area contributed by atoms with Gasteiger partial charge in [0, 0.05) is 16.6 Å². The number of carbonyl (C=O) groups excluding carboxylic acids is 1. The molecule has 1 fully saturated rings. The number of hydrogen-bond donors (Lipinski definition) is 1. The average Bonchev–Trinajstić information content (AvgIpc) is 3.43. The smallest absolute Gasteiger partial charge is 0.414 e. The van der Waals surface area contributed by atoms with Crippen molar-refractivity contribution < 1.29 is 33.4 Å². The molecule has 176 valence electrons. The largest absolute Gasteiger partial charge is 0.468 e. The summed E-state index contributed by atoms with van der Waals surface area (Å²) in [6.07, 6.45) is -0.534. The maximum Gasteiger partial charge on any atom is 0.414 e. The van der Waals surface area contributed by atoms with Gasteiger partial charge >= 0.3 is 17.9 Å². The van der Waals surface area contributed by atoms with Crippen LogP contribution in [0, 0.1) is 15.9 Å². The molecule has 1 N–H and O–H groups in total. The van der Waals surface area contributed by atoms with Gasteiger partial charge in [0.2, 0.25) is 5.88 Å². The SMILES string of the molecule is O=C1O[C@H](CO)CN1c1ccc(-c2ccc(O[C@@H]3COc4nc([N+](=O)[O-])cn4C3)nn2)c(F)c1. The van der Waals surface area contributed by atoms with Gasteiger partial charge in [-0.05, 0) is 29.2 Å². The van der Waals surface area contributed by atoms with Crippen molar-refractivity contribution in [3.8, 4) is 23.1 Å². The Balaban J connectivity index is 1.26. The van der Waals surface area contributed by atoms with Gasteiger partial charge in [-0.3, -0.25) is 9.47 Å². The van der Waals surface area contributed by atoms with Crippen molar-refractivity contribution in [3.05, 3.63) is 52.5 Å². The lowest BCUT2D eigenvalue weighted by molar-refractivity contribution is -0.389. The minimum Gasteiger partial charge on any atom is -0.468 e. The van der Waals surface area contributed by atoms with Gasteiger partial charge in [0.1, 0.15) is 24.7 Å². The lowest BCUT2D eigenvalue weighted by Gasteiger charge is -2.22. The first-order chi connectivity index (χ1) is 16.4. The van der Waals surface area contributed by atoms with Crippen molar-refractivity contribution in [2.75, 3.05) is 24.7 Å². The van der Waals surface area contributed by atoms with E-state index in [0.717, 1.165) is 0 Å². The molecule has 0 radical (unpaired) electrons. The number of imidazole rings is 1. The van der Waals surface area contributed by atoms with Crippen LogP contribution in [0.25, 0.3) is 11.3 Å². The Labute approximate surface area is 190 Å². The summed E-state index contributed by atoms with van der Waals surface area (Å²) in [6, 6.07) is 7.39. The number of cyclic esters (lactones) is 1. The summed E-state index contributed by atoms with van der Waals surface area (Å²) in [5.74, 6) is -0.763. The van der Waals surface area contributed by atoms with Gasteiger partial charge in [0.15, 0.2) is 6.10 Å². The number of benzene rings is 1. The van der Waals surface area contributed by atoms with Crippen LogP contribution in [0.4, 0.5) is 20.7 Å². The van der Waals surface area contributed by atoms with E-state index in [0.29, 0.717) is 5.69 Å². The van der Waals surface area contributed by atoms with Gasteiger partial charge in [-0.2, -0.15) is 0 Å². The quantitative estimate of drug-likeness (QED) is 0.412. The number of rotatable bonds is 6. The Morgan fingerprint density at radius 3 is 2.79 bits per heavy atom. The van der Waals surface area contributed by atoms with Crippen molar-refractivity contribution in [2.45, 2.75) is 18.8 Å². The molecule has 5 rings (SSSR count). The molecule has 14 heteroatoms. The molecule has 4 heterocycles. The Bertz CT molecular complexity index is 1250. The number of amides is 1. The standard InChI is InChI=1S/C20H17FN6O7/c21-15-5-11(26-7-12(9-28)34-20(26)29)1-2-14(15)16-3-4-18(24-23-16)33-13-6-25-8-17(27(30)31)22-19(25)32-10-13/h1-5,8,12-13,28H,6-7,9-10H2/t12-,13-/m0/s1. The van der Waals surface area contributed by atoms with Gasteiger partial charge in [0.25, 0.3) is 0 Å². The molecule has 2 aliphatic heterocycles. The molecule has 0 saturated carbocycles. The number of nitro groups is 1. The van der Waals surface area contributed by atoms with Gasteiger partial charge in [-0.15, -0.1) is 10.2 Å². The molecule has 3 aromatic rings. The molecule has 2 atom stereocenters. The number of fused-ring (bicyclic) bond motifs is 1. The topological polar surface area (TPSA) is 155 Å². The van der Waals surface area contributed by atoms with E-state index in [-0.39, 0.29) is 55.3 Å². The Hall–Kier alpha value is -4.33. The number of hydrogen-bond acceptors (Lipinski definition) is 10.